The highest BCUT2D eigenvalue weighted by Gasteiger charge is 2.35. The molecule has 1 aliphatic heterocycles. The Morgan fingerprint density at radius 2 is 1.47 bits per heavy atom. The molecule has 0 fully saturated rings. The lowest BCUT2D eigenvalue weighted by molar-refractivity contribution is -0.0691. The molecule has 10 nitrogen and oxygen atoms in total. The maximum absolute atomic E-state index is 9.61. The van der Waals surface area contributed by atoms with Crippen LogP contribution in [0.2, 0.25) is 0 Å². The molecule has 11 heteroatoms. The van der Waals surface area contributed by atoms with Crippen molar-refractivity contribution in [3.8, 4) is 6.07 Å². The van der Waals surface area contributed by atoms with Crippen LogP contribution in [0.3, 0.4) is 0 Å². The topological polar surface area (TPSA) is 149 Å². The minimum Gasteiger partial charge on any atom is -0.498 e. The second-order valence-corrected chi connectivity index (χ2v) is 8.45. The summed E-state index contributed by atoms with van der Waals surface area (Å²) in [4.78, 5) is 5.21. The Labute approximate surface area is 227 Å². The summed E-state index contributed by atoms with van der Waals surface area (Å²) in [6, 6.07) is 30.1. The monoisotopic (exact) mass is 537 g/mol. The third-order valence-electron chi connectivity index (χ3n) is 4.50. The van der Waals surface area contributed by atoms with Crippen LogP contribution in [-0.4, -0.2) is 32.7 Å². The van der Waals surface area contributed by atoms with E-state index in [0.29, 0.717) is 17.0 Å². The average molecular weight is 538 g/mol. The number of hydrogen-bond acceptors (Lipinski definition) is 9. The van der Waals surface area contributed by atoms with Gasteiger partial charge >= 0.3 is 6.07 Å². The van der Waals surface area contributed by atoms with Gasteiger partial charge in [-0.25, -0.2) is 10.9 Å². The van der Waals surface area contributed by atoms with Crippen LogP contribution < -0.4 is 11.7 Å². The fraction of sp³-hybridized carbons (Fsp3) is 0.185. The number of benzene rings is 3. The van der Waals surface area contributed by atoms with Gasteiger partial charge < -0.3 is 21.1 Å². The van der Waals surface area contributed by atoms with Crippen LogP contribution in [0.25, 0.3) is 5.01 Å². The van der Waals surface area contributed by atoms with E-state index < -0.39 is 5.72 Å². The Kier molecular flexibility index (Phi) is 14.0. The second-order valence-electron chi connectivity index (χ2n) is 8.09. The van der Waals surface area contributed by atoms with Crippen molar-refractivity contribution < 1.29 is 10.0 Å². The van der Waals surface area contributed by atoms with Gasteiger partial charge in [-0.05, 0) is 39.8 Å². The van der Waals surface area contributed by atoms with Gasteiger partial charge in [0.1, 0.15) is 5.56 Å². The van der Waals surface area contributed by atoms with Crippen molar-refractivity contribution in [3.63, 3.8) is 0 Å². The first-order valence-electron chi connectivity index (χ1n) is 11.3. The van der Waals surface area contributed by atoms with E-state index in [9.17, 15) is 5.21 Å². The number of halogens is 1. The Balaban J connectivity index is 0.000000269. The van der Waals surface area contributed by atoms with Crippen LogP contribution in [0.1, 0.15) is 44.4 Å². The van der Waals surface area contributed by atoms with E-state index in [1.807, 2.05) is 94.4 Å². The number of oxime groups is 2. The standard InChI is InChI=1S/C10H13N3O.C7H6ClNO.C7H5NO.C3H8N2/c1-10(2)13(11)9(12-14-10)8-6-4-3-5-7-8;8-7(9-10)6-4-2-1-3-5-6;9-8-6-7-4-2-1-3-5-7;1-3(2)5-4/h3-7H,11H2,1-2H3;1-5,10H;1-5H;4H2,1-2H3/b;9-7+;;. The highest BCUT2D eigenvalue weighted by atomic mass is 35.5. The quantitative estimate of drug-likeness (QED) is 0.169. The molecule has 0 bridgehead atoms. The number of hydrogen-bond donors (Lipinski definition) is 3. The van der Waals surface area contributed by atoms with Crippen LogP contribution in [0.15, 0.2) is 106 Å². The Morgan fingerprint density at radius 3 is 1.87 bits per heavy atom. The second kappa shape index (κ2) is 17.0. The van der Waals surface area contributed by atoms with Gasteiger partial charge in [-0.1, -0.05) is 101 Å². The lowest BCUT2D eigenvalue weighted by Crippen LogP contribution is -2.48. The summed E-state index contributed by atoms with van der Waals surface area (Å²) < 4.78 is 0. The molecule has 3 aromatic carbocycles. The van der Waals surface area contributed by atoms with Crippen molar-refractivity contribution in [1.29, 1.82) is 0 Å². The number of hydrazine groups is 1. The molecule has 0 spiro atoms. The number of nitrogens with zero attached hydrogens (tertiary/aromatic N) is 5. The van der Waals surface area contributed by atoms with Crippen molar-refractivity contribution in [2.24, 2.45) is 27.1 Å². The highest BCUT2D eigenvalue weighted by molar-refractivity contribution is 6.69. The Hall–Kier alpha value is -4.59. The zero-order chi connectivity index (χ0) is 28.4. The Bertz CT molecular complexity index is 1240. The van der Waals surface area contributed by atoms with Gasteiger partial charge in [0.2, 0.25) is 5.72 Å². The lowest BCUT2D eigenvalue weighted by atomic mass is 10.2. The first-order valence-corrected chi connectivity index (χ1v) is 11.7. The fourth-order valence-electron chi connectivity index (χ4n) is 2.48. The molecule has 0 saturated carbocycles. The summed E-state index contributed by atoms with van der Waals surface area (Å²) >= 11 is 5.49. The number of hydrazone groups is 1. The fourth-order valence-corrected chi connectivity index (χ4v) is 2.60. The molecule has 0 unspecified atom stereocenters. The minimum absolute atomic E-state index is 0.112. The lowest BCUT2D eigenvalue weighted by Gasteiger charge is -2.25. The van der Waals surface area contributed by atoms with Gasteiger partial charge in [0.25, 0.3) is 0 Å². The molecule has 200 valence electrons. The van der Waals surface area contributed by atoms with E-state index in [2.05, 4.69) is 26.5 Å². The van der Waals surface area contributed by atoms with Crippen LogP contribution in [0, 0.1) is 11.3 Å². The molecule has 0 aromatic heterocycles. The van der Waals surface area contributed by atoms with Crippen molar-refractivity contribution in [2.75, 3.05) is 0 Å². The van der Waals surface area contributed by atoms with Gasteiger partial charge in [0, 0.05) is 21.8 Å². The van der Waals surface area contributed by atoms with E-state index in [4.69, 9.17) is 33.3 Å². The van der Waals surface area contributed by atoms with Crippen molar-refractivity contribution in [2.45, 2.75) is 33.4 Å². The molecule has 1 aliphatic rings. The first kappa shape index (κ1) is 31.4. The van der Waals surface area contributed by atoms with Crippen molar-refractivity contribution in [3.05, 3.63) is 118 Å². The van der Waals surface area contributed by atoms with Crippen molar-refractivity contribution in [1.82, 2.24) is 5.01 Å². The molecule has 5 N–H and O–H groups in total. The van der Waals surface area contributed by atoms with Crippen LogP contribution >= 0.6 is 11.6 Å². The predicted molar refractivity (Wildman–Crippen MR) is 154 cm³/mol. The maximum atomic E-state index is 9.61. The molecular formula is C27H32ClN7O3. The smallest absolute Gasteiger partial charge is 0.336 e. The number of nitrogens with two attached hydrogens (primary N) is 2. The highest BCUT2D eigenvalue weighted by Crippen LogP contribution is 2.22. The third kappa shape index (κ3) is 11.4. The summed E-state index contributed by atoms with van der Waals surface area (Å²) in [5, 5.41) is 32.1. The number of rotatable bonds is 2. The predicted octanol–water partition coefficient (Wildman–Crippen LogP) is 5.56. The zero-order valence-electron chi connectivity index (χ0n) is 21.7. The summed E-state index contributed by atoms with van der Waals surface area (Å²) in [7, 11) is 0. The van der Waals surface area contributed by atoms with Crippen LogP contribution in [0.5, 0.6) is 0 Å². The van der Waals surface area contributed by atoms with Gasteiger partial charge in [-0.15, -0.1) is 0 Å². The maximum Gasteiger partial charge on any atom is 0.336 e. The molecular weight excluding hydrogens is 506 g/mol. The molecule has 3 aromatic rings. The van der Waals surface area contributed by atoms with Gasteiger partial charge in [0.05, 0.1) is 0 Å². The van der Waals surface area contributed by atoms with Gasteiger partial charge in [0.15, 0.2) is 11.0 Å². The summed E-state index contributed by atoms with van der Waals surface area (Å²) in [5.74, 6) is 11.3. The van der Waals surface area contributed by atoms with Gasteiger partial charge in [-0.3, -0.25) is 0 Å². The van der Waals surface area contributed by atoms with E-state index in [0.717, 1.165) is 11.3 Å². The summed E-state index contributed by atoms with van der Waals surface area (Å²) in [6.07, 6.45) is 0. The van der Waals surface area contributed by atoms with Crippen LogP contribution in [0.4, 0.5) is 0 Å². The average Bonchev–Trinajstić information content (AvgIpc) is 3.23. The first-order chi connectivity index (χ1) is 18.2. The van der Waals surface area contributed by atoms with Gasteiger partial charge in [-0.2, -0.15) is 5.10 Å². The normalized spacial score (nSPS) is 12.7. The molecule has 4 rings (SSSR count). The molecule has 38 heavy (non-hydrogen) atoms. The Morgan fingerprint density at radius 1 is 1.00 bits per heavy atom. The van der Waals surface area contributed by atoms with Crippen LogP contribution in [-0.2, 0) is 4.84 Å². The largest absolute Gasteiger partial charge is 0.498 e. The van der Waals surface area contributed by atoms with E-state index >= 15 is 0 Å². The zero-order valence-corrected chi connectivity index (χ0v) is 22.4. The molecule has 0 amide bonds. The molecule has 0 saturated heterocycles. The van der Waals surface area contributed by atoms with E-state index in [-0.39, 0.29) is 5.17 Å². The molecule has 0 radical (unpaired) electrons. The SMILES string of the molecule is CC(C)=NN.CC1(C)ON=C(c2ccccc2)N1N.O/N=C(/Cl)c1ccccc1.[O-][N+]#Cc1ccccc1. The van der Waals surface area contributed by atoms with Crippen molar-refractivity contribution >= 4 is 28.3 Å². The number of amidine groups is 1. The molecule has 0 atom stereocenters. The third-order valence-corrected chi connectivity index (χ3v) is 4.80. The summed E-state index contributed by atoms with van der Waals surface area (Å²) in [6.45, 7) is 7.43. The van der Waals surface area contributed by atoms with E-state index in [1.165, 1.54) is 5.01 Å². The van der Waals surface area contributed by atoms with E-state index in [1.54, 1.807) is 24.3 Å². The molecule has 0 aliphatic carbocycles. The summed E-state index contributed by atoms with van der Waals surface area (Å²) in [5.41, 5.74) is 2.73. The minimum atomic E-state index is -0.564. The molecule has 1 heterocycles.